The number of nitrogen functional groups attached to an aromatic ring is 1. The lowest BCUT2D eigenvalue weighted by Crippen LogP contribution is -1.89. The fourth-order valence-corrected chi connectivity index (χ4v) is 3.08. The molecule has 0 amide bonds. The van der Waals surface area contributed by atoms with E-state index in [1.54, 1.807) is 7.11 Å². The van der Waals surface area contributed by atoms with Crippen molar-refractivity contribution in [3.8, 4) is 27.4 Å². The number of aromatic amines is 1. The molecule has 2 heterocycles. The SMILES string of the molecule is COc1ccc(-c2c(N)n[nH]c2-c2ccc(Cl)s2)cc1. The number of hydrogen-bond donors (Lipinski definition) is 2. The molecule has 3 rings (SSSR count). The van der Waals surface area contributed by atoms with Crippen LogP contribution in [0, 0.1) is 0 Å². The highest BCUT2D eigenvalue weighted by atomic mass is 35.5. The minimum absolute atomic E-state index is 0.467. The molecule has 1 aromatic carbocycles. The van der Waals surface area contributed by atoms with Gasteiger partial charge in [0.1, 0.15) is 5.75 Å². The molecule has 6 heteroatoms. The van der Waals surface area contributed by atoms with Gasteiger partial charge in [-0.25, -0.2) is 0 Å². The van der Waals surface area contributed by atoms with Crippen molar-refractivity contribution in [1.29, 1.82) is 0 Å². The van der Waals surface area contributed by atoms with Crippen LogP contribution in [0.2, 0.25) is 4.34 Å². The van der Waals surface area contributed by atoms with Crippen molar-refractivity contribution in [2.45, 2.75) is 0 Å². The molecule has 0 bridgehead atoms. The maximum absolute atomic E-state index is 5.99. The summed E-state index contributed by atoms with van der Waals surface area (Å²) in [7, 11) is 1.64. The number of nitrogens with two attached hydrogens (primary N) is 1. The Hall–Kier alpha value is -1.98. The summed E-state index contributed by atoms with van der Waals surface area (Å²) in [6.45, 7) is 0. The molecule has 0 spiro atoms. The first-order valence-electron chi connectivity index (χ1n) is 5.93. The second-order valence-corrected chi connectivity index (χ2v) is 5.91. The molecule has 3 N–H and O–H groups in total. The number of methoxy groups -OCH3 is 1. The molecular weight excluding hydrogens is 294 g/mol. The van der Waals surface area contributed by atoms with E-state index in [4.69, 9.17) is 22.1 Å². The summed E-state index contributed by atoms with van der Waals surface area (Å²) in [5.74, 6) is 1.27. The van der Waals surface area contributed by atoms with Crippen LogP contribution in [0.15, 0.2) is 36.4 Å². The first-order chi connectivity index (χ1) is 9.69. The molecule has 0 saturated heterocycles. The molecule has 0 aliphatic carbocycles. The summed E-state index contributed by atoms with van der Waals surface area (Å²) in [4.78, 5) is 1.00. The molecular formula is C14H12ClN3OS. The smallest absolute Gasteiger partial charge is 0.153 e. The zero-order valence-electron chi connectivity index (χ0n) is 10.7. The number of H-pyrrole nitrogens is 1. The topological polar surface area (TPSA) is 63.9 Å². The van der Waals surface area contributed by atoms with Gasteiger partial charge in [-0.1, -0.05) is 23.7 Å². The number of rotatable bonds is 3. The van der Waals surface area contributed by atoms with Crippen LogP contribution >= 0.6 is 22.9 Å². The van der Waals surface area contributed by atoms with Crippen molar-refractivity contribution < 1.29 is 4.74 Å². The number of benzene rings is 1. The van der Waals surface area contributed by atoms with Gasteiger partial charge < -0.3 is 10.5 Å². The quantitative estimate of drug-likeness (QED) is 0.767. The number of nitrogens with one attached hydrogen (secondary N) is 1. The minimum atomic E-state index is 0.467. The van der Waals surface area contributed by atoms with Crippen molar-refractivity contribution in [2.75, 3.05) is 12.8 Å². The van der Waals surface area contributed by atoms with Crippen LogP contribution < -0.4 is 10.5 Å². The summed E-state index contributed by atoms with van der Waals surface area (Å²) in [5.41, 5.74) is 8.73. The van der Waals surface area contributed by atoms with Crippen LogP contribution in [-0.4, -0.2) is 17.3 Å². The maximum atomic E-state index is 5.99. The van der Waals surface area contributed by atoms with Crippen LogP contribution in [0.5, 0.6) is 5.75 Å². The van der Waals surface area contributed by atoms with Crippen molar-refractivity contribution in [2.24, 2.45) is 0 Å². The number of thiophene rings is 1. The Morgan fingerprint density at radius 2 is 1.95 bits per heavy atom. The fraction of sp³-hybridized carbons (Fsp3) is 0.0714. The van der Waals surface area contributed by atoms with Gasteiger partial charge in [0.15, 0.2) is 5.82 Å². The summed E-state index contributed by atoms with van der Waals surface area (Å²) < 4.78 is 5.90. The van der Waals surface area contributed by atoms with Crippen LogP contribution in [0.3, 0.4) is 0 Å². The lowest BCUT2D eigenvalue weighted by Gasteiger charge is -2.04. The zero-order valence-corrected chi connectivity index (χ0v) is 12.3. The molecule has 0 fully saturated rings. The predicted molar refractivity (Wildman–Crippen MR) is 83.3 cm³/mol. The highest BCUT2D eigenvalue weighted by molar-refractivity contribution is 7.19. The van der Waals surface area contributed by atoms with Crippen LogP contribution in [0.1, 0.15) is 0 Å². The van der Waals surface area contributed by atoms with Gasteiger partial charge in [0.2, 0.25) is 0 Å². The van der Waals surface area contributed by atoms with Crippen molar-refractivity contribution in [3.63, 3.8) is 0 Å². The Balaban J connectivity index is 2.10. The highest BCUT2D eigenvalue weighted by Crippen LogP contribution is 2.39. The molecule has 2 aromatic heterocycles. The average molecular weight is 306 g/mol. The fourth-order valence-electron chi connectivity index (χ4n) is 2.03. The Morgan fingerprint density at radius 3 is 2.55 bits per heavy atom. The van der Waals surface area contributed by atoms with E-state index in [0.29, 0.717) is 5.82 Å². The summed E-state index contributed by atoms with van der Waals surface area (Å²) in [6.07, 6.45) is 0. The molecule has 3 aromatic rings. The number of anilines is 1. The number of aromatic nitrogens is 2. The first-order valence-corrected chi connectivity index (χ1v) is 7.12. The van der Waals surface area contributed by atoms with Gasteiger partial charge in [-0.3, -0.25) is 5.10 Å². The third-order valence-electron chi connectivity index (χ3n) is 2.99. The Labute approximate surface area is 125 Å². The van der Waals surface area contributed by atoms with E-state index in [-0.39, 0.29) is 0 Å². The molecule has 0 radical (unpaired) electrons. The van der Waals surface area contributed by atoms with Gasteiger partial charge in [-0.05, 0) is 29.8 Å². The zero-order chi connectivity index (χ0) is 14.1. The van der Waals surface area contributed by atoms with E-state index in [9.17, 15) is 0 Å². The van der Waals surface area contributed by atoms with E-state index in [1.807, 2.05) is 36.4 Å². The van der Waals surface area contributed by atoms with E-state index in [2.05, 4.69) is 10.2 Å². The third kappa shape index (κ3) is 2.26. The lowest BCUT2D eigenvalue weighted by atomic mass is 10.0. The predicted octanol–water partition coefficient (Wildman–Crippen LogP) is 4.05. The summed E-state index contributed by atoms with van der Waals surface area (Å²) >= 11 is 7.48. The maximum Gasteiger partial charge on any atom is 0.153 e. The molecule has 4 nitrogen and oxygen atoms in total. The lowest BCUT2D eigenvalue weighted by molar-refractivity contribution is 0.415. The number of nitrogens with zero attached hydrogens (tertiary/aromatic N) is 1. The Morgan fingerprint density at radius 1 is 1.20 bits per heavy atom. The Bertz CT molecular complexity index is 733. The third-order valence-corrected chi connectivity index (χ3v) is 4.24. The van der Waals surface area contributed by atoms with Gasteiger partial charge in [0, 0.05) is 0 Å². The molecule has 0 aliphatic rings. The van der Waals surface area contributed by atoms with Gasteiger partial charge in [-0.15, -0.1) is 11.3 Å². The standard InChI is InChI=1S/C14H12ClN3OS/c1-19-9-4-2-8(3-5-9)12-13(17-18-14(12)16)10-6-7-11(15)20-10/h2-7H,1H3,(H3,16,17,18). The van der Waals surface area contributed by atoms with Gasteiger partial charge in [0.25, 0.3) is 0 Å². The summed E-state index contributed by atoms with van der Waals surface area (Å²) in [5, 5.41) is 7.08. The van der Waals surface area contributed by atoms with E-state index < -0.39 is 0 Å². The minimum Gasteiger partial charge on any atom is -0.497 e. The number of ether oxygens (including phenoxy) is 1. The van der Waals surface area contributed by atoms with E-state index >= 15 is 0 Å². The molecule has 0 saturated carbocycles. The van der Waals surface area contributed by atoms with Crippen molar-refractivity contribution in [3.05, 3.63) is 40.7 Å². The number of halogens is 1. The normalized spacial score (nSPS) is 10.7. The van der Waals surface area contributed by atoms with Gasteiger partial charge in [0.05, 0.1) is 27.6 Å². The van der Waals surface area contributed by atoms with E-state index in [0.717, 1.165) is 31.8 Å². The monoisotopic (exact) mass is 305 g/mol. The second-order valence-electron chi connectivity index (χ2n) is 4.19. The highest BCUT2D eigenvalue weighted by Gasteiger charge is 2.16. The van der Waals surface area contributed by atoms with E-state index in [1.165, 1.54) is 11.3 Å². The van der Waals surface area contributed by atoms with Gasteiger partial charge >= 0.3 is 0 Å². The largest absolute Gasteiger partial charge is 0.497 e. The van der Waals surface area contributed by atoms with Crippen LogP contribution in [0.4, 0.5) is 5.82 Å². The summed E-state index contributed by atoms with van der Waals surface area (Å²) in [6, 6.07) is 11.5. The first kappa shape index (κ1) is 13.0. The Kier molecular flexibility index (Phi) is 3.38. The second kappa shape index (κ2) is 5.19. The molecule has 102 valence electrons. The molecule has 0 atom stereocenters. The van der Waals surface area contributed by atoms with Crippen LogP contribution in [-0.2, 0) is 0 Å². The van der Waals surface area contributed by atoms with Crippen LogP contribution in [0.25, 0.3) is 21.7 Å². The molecule has 0 aliphatic heterocycles. The number of hydrogen-bond acceptors (Lipinski definition) is 4. The van der Waals surface area contributed by atoms with Crippen molar-refractivity contribution >= 4 is 28.8 Å². The molecule has 0 unspecified atom stereocenters. The molecule has 20 heavy (non-hydrogen) atoms. The van der Waals surface area contributed by atoms with Crippen molar-refractivity contribution in [1.82, 2.24) is 10.2 Å². The average Bonchev–Trinajstić information content (AvgIpc) is 3.05. The van der Waals surface area contributed by atoms with Gasteiger partial charge in [-0.2, -0.15) is 5.10 Å².